The Hall–Kier alpha value is -2.74. The fourth-order valence-electron chi connectivity index (χ4n) is 1.78. The number of halogens is 1. The highest BCUT2D eigenvalue weighted by Crippen LogP contribution is 2.29. The van der Waals surface area contributed by atoms with Crippen molar-refractivity contribution in [1.29, 1.82) is 5.26 Å². The van der Waals surface area contributed by atoms with Gasteiger partial charge in [-0.2, -0.15) is 5.26 Å². The zero-order valence-electron chi connectivity index (χ0n) is 11.1. The number of ether oxygens (including phenoxy) is 2. The average molecular weight is 272 g/mol. The Morgan fingerprint density at radius 2 is 1.75 bits per heavy atom. The minimum absolute atomic E-state index is 0.0331. The molecule has 20 heavy (non-hydrogen) atoms. The first-order valence-corrected chi connectivity index (χ1v) is 5.86. The van der Waals surface area contributed by atoms with Crippen molar-refractivity contribution < 1.29 is 13.9 Å². The lowest BCUT2D eigenvalue weighted by Gasteiger charge is -2.12. The number of nitrogens with one attached hydrogen (secondary N) is 1. The lowest BCUT2D eigenvalue weighted by Crippen LogP contribution is -1.97. The second-order valence-corrected chi connectivity index (χ2v) is 4.00. The molecule has 4 nitrogen and oxygen atoms in total. The van der Waals surface area contributed by atoms with Crippen molar-refractivity contribution in [2.24, 2.45) is 0 Å². The summed E-state index contributed by atoms with van der Waals surface area (Å²) < 4.78 is 23.8. The lowest BCUT2D eigenvalue weighted by molar-refractivity contribution is 0.395. The number of hydrogen-bond acceptors (Lipinski definition) is 4. The fourth-order valence-corrected chi connectivity index (χ4v) is 1.78. The molecule has 0 spiro atoms. The van der Waals surface area contributed by atoms with E-state index in [9.17, 15) is 4.39 Å². The predicted octanol–water partition coefficient (Wildman–Crippen LogP) is 3.46. The third-order valence-corrected chi connectivity index (χ3v) is 2.76. The smallest absolute Gasteiger partial charge is 0.143 e. The van der Waals surface area contributed by atoms with E-state index >= 15 is 0 Å². The van der Waals surface area contributed by atoms with E-state index in [-0.39, 0.29) is 5.56 Å². The van der Waals surface area contributed by atoms with Crippen LogP contribution in [-0.4, -0.2) is 14.2 Å². The van der Waals surface area contributed by atoms with E-state index in [1.54, 1.807) is 38.5 Å². The highest BCUT2D eigenvalue weighted by molar-refractivity contribution is 5.68. The molecule has 5 heteroatoms. The first-order chi connectivity index (χ1) is 9.67. The molecule has 0 aliphatic heterocycles. The second-order valence-electron chi connectivity index (χ2n) is 4.00. The van der Waals surface area contributed by atoms with Gasteiger partial charge in [-0.15, -0.1) is 0 Å². The molecule has 0 atom stereocenters. The second kappa shape index (κ2) is 5.93. The normalized spacial score (nSPS) is 9.70. The summed E-state index contributed by atoms with van der Waals surface area (Å²) in [4.78, 5) is 0. The first kappa shape index (κ1) is 13.7. The van der Waals surface area contributed by atoms with Crippen molar-refractivity contribution in [3.8, 4) is 17.6 Å². The van der Waals surface area contributed by atoms with Crippen LogP contribution in [0.1, 0.15) is 5.56 Å². The third kappa shape index (κ3) is 2.81. The Morgan fingerprint density at radius 1 is 1.10 bits per heavy atom. The molecule has 0 radical (unpaired) electrons. The Balaban J connectivity index is 2.40. The van der Waals surface area contributed by atoms with Crippen LogP contribution < -0.4 is 14.8 Å². The Morgan fingerprint density at radius 3 is 2.30 bits per heavy atom. The van der Waals surface area contributed by atoms with E-state index in [2.05, 4.69) is 5.32 Å². The van der Waals surface area contributed by atoms with Crippen LogP contribution in [-0.2, 0) is 0 Å². The standard InChI is InChI=1S/C15H13FN2O2/c1-19-11-6-10(7-12(8-11)20-2)18-15-5-3-4-14(16)13(15)9-17/h3-8,18H,1-2H3. The number of hydrogen-bond donors (Lipinski definition) is 1. The Kier molecular flexibility index (Phi) is 4.06. The number of nitriles is 1. The van der Waals surface area contributed by atoms with Crippen molar-refractivity contribution >= 4 is 11.4 Å². The molecule has 0 aliphatic carbocycles. The number of rotatable bonds is 4. The van der Waals surface area contributed by atoms with Gasteiger partial charge in [0.2, 0.25) is 0 Å². The van der Waals surface area contributed by atoms with Gasteiger partial charge in [0.05, 0.1) is 19.9 Å². The molecule has 0 aromatic heterocycles. The minimum atomic E-state index is -0.563. The van der Waals surface area contributed by atoms with Gasteiger partial charge in [0, 0.05) is 23.9 Å². The summed E-state index contributed by atoms with van der Waals surface area (Å²) >= 11 is 0. The summed E-state index contributed by atoms with van der Waals surface area (Å²) in [5.41, 5.74) is 1.00. The van der Waals surface area contributed by atoms with Crippen LogP contribution >= 0.6 is 0 Å². The van der Waals surface area contributed by atoms with Gasteiger partial charge in [0.1, 0.15) is 28.9 Å². The van der Waals surface area contributed by atoms with Gasteiger partial charge in [0.15, 0.2) is 0 Å². The summed E-state index contributed by atoms with van der Waals surface area (Å²) in [7, 11) is 3.09. The number of benzene rings is 2. The first-order valence-electron chi connectivity index (χ1n) is 5.86. The minimum Gasteiger partial charge on any atom is -0.497 e. The van der Waals surface area contributed by atoms with Crippen molar-refractivity contribution in [1.82, 2.24) is 0 Å². The van der Waals surface area contributed by atoms with Crippen molar-refractivity contribution in [3.05, 3.63) is 47.8 Å². The maximum absolute atomic E-state index is 13.5. The monoisotopic (exact) mass is 272 g/mol. The summed E-state index contributed by atoms with van der Waals surface area (Å²) in [5, 5.41) is 12.0. The van der Waals surface area contributed by atoms with E-state index in [4.69, 9.17) is 14.7 Å². The zero-order valence-corrected chi connectivity index (χ0v) is 11.1. The van der Waals surface area contributed by atoms with Gasteiger partial charge in [-0.05, 0) is 12.1 Å². The van der Waals surface area contributed by atoms with Crippen LogP contribution in [0.3, 0.4) is 0 Å². The molecule has 0 heterocycles. The zero-order chi connectivity index (χ0) is 14.5. The van der Waals surface area contributed by atoms with Gasteiger partial charge in [-0.1, -0.05) is 6.07 Å². The van der Waals surface area contributed by atoms with Gasteiger partial charge in [0.25, 0.3) is 0 Å². The molecule has 0 bridgehead atoms. The lowest BCUT2D eigenvalue weighted by atomic mass is 10.1. The predicted molar refractivity (Wildman–Crippen MR) is 73.9 cm³/mol. The van der Waals surface area contributed by atoms with Crippen molar-refractivity contribution in [2.45, 2.75) is 0 Å². The molecular formula is C15H13FN2O2. The Bertz CT molecular complexity index is 643. The maximum atomic E-state index is 13.5. The summed E-state index contributed by atoms with van der Waals surface area (Å²) in [5.74, 6) is 0.635. The average Bonchev–Trinajstić information content (AvgIpc) is 2.47. The van der Waals surface area contributed by atoms with E-state index in [0.29, 0.717) is 22.9 Å². The van der Waals surface area contributed by atoms with Crippen LogP contribution in [0.5, 0.6) is 11.5 Å². The highest BCUT2D eigenvalue weighted by atomic mass is 19.1. The van der Waals surface area contributed by atoms with Gasteiger partial charge in [-0.25, -0.2) is 4.39 Å². The number of nitrogens with zero attached hydrogens (tertiary/aromatic N) is 1. The number of anilines is 2. The third-order valence-electron chi connectivity index (χ3n) is 2.76. The summed E-state index contributed by atoms with van der Waals surface area (Å²) in [6, 6.07) is 11.4. The van der Waals surface area contributed by atoms with Crippen LogP contribution in [0.2, 0.25) is 0 Å². The molecule has 0 fully saturated rings. The SMILES string of the molecule is COc1cc(Nc2cccc(F)c2C#N)cc(OC)c1. The molecule has 0 saturated carbocycles. The molecule has 2 aromatic carbocycles. The van der Waals surface area contributed by atoms with Crippen LogP contribution in [0, 0.1) is 17.1 Å². The number of methoxy groups -OCH3 is 2. The fraction of sp³-hybridized carbons (Fsp3) is 0.133. The van der Waals surface area contributed by atoms with E-state index in [1.807, 2.05) is 6.07 Å². The van der Waals surface area contributed by atoms with Crippen LogP contribution in [0.4, 0.5) is 15.8 Å². The quantitative estimate of drug-likeness (QED) is 0.926. The molecule has 2 aromatic rings. The largest absolute Gasteiger partial charge is 0.497 e. The molecular weight excluding hydrogens is 259 g/mol. The van der Waals surface area contributed by atoms with E-state index in [0.717, 1.165) is 0 Å². The van der Waals surface area contributed by atoms with Gasteiger partial charge in [-0.3, -0.25) is 0 Å². The molecule has 0 unspecified atom stereocenters. The van der Waals surface area contributed by atoms with E-state index in [1.165, 1.54) is 12.1 Å². The molecule has 2 rings (SSSR count). The Labute approximate surface area is 116 Å². The molecule has 0 amide bonds. The molecule has 0 saturated heterocycles. The van der Waals surface area contributed by atoms with Crippen LogP contribution in [0.15, 0.2) is 36.4 Å². The molecule has 1 N–H and O–H groups in total. The van der Waals surface area contributed by atoms with Gasteiger partial charge >= 0.3 is 0 Å². The summed E-state index contributed by atoms with van der Waals surface area (Å²) in [6.45, 7) is 0. The van der Waals surface area contributed by atoms with Gasteiger partial charge < -0.3 is 14.8 Å². The maximum Gasteiger partial charge on any atom is 0.143 e. The molecule has 0 aliphatic rings. The van der Waals surface area contributed by atoms with Crippen molar-refractivity contribution in [3.63, 3.8) is 0 Å². The summed E-state index contributed by atoms with van der Waals surface area (Å²) in [6.07, 6.45) is 0. The molecule has 102 valence electrons. The van der Waals surface area contributed by atoms with Crippen LogP contribution in [0.25, 0.3) is 0 Å². The van der Waals surface area contributed by atoms with Crippen molar-refractivity contribution in [2.75, 3.05) is 19.5 Å². The topological polar surface area (TPSA) is 54.3 Å². The van der Waals surface area contributed by atoms with E-state index < -0.39 is 5.82 Å². The highest BCUT2D eigenvalue weighted by Gasteiger charge is 2.09.